The van der Waals surface area contributed by atoms with Gasteiger partial charge in [-0.05, 0) is 23.8 Å². The van der Waals surface area contributed by atoms with Crippen molar-refractivity contribution in [3.63, 3.8) is 0 Å². The summed E-state index contributed by atoms with van der Waals surface area (Å²) in [4.78, 5) is 59.6. The van der Waals surface area contributed by atoms with E-state index in [0.29, 0.717) is 15.6 Å². The number of esters is 4. The van der Waals surface area contributed by atoms with Crippen LogP contribution in [-0.4, -0.2) is 67.0 Å². The fourth-order valence-electron chi connectivity index (χ4n) is 3.33. The Morgan fingerprint density at radius 3 is 2.08 bits per heavy atom. The van der Waals surface area contributed by atoms with Crippen LogP contribution < -0.4 is 5.32 Å². The van der Waals surface area contributed by atoms with Gasteiger partial charge in [0.1, 0.15) is 18.8 Å². The highest BCUT2D eigenvalue weighted by atomic mass is 35.5. The van der Waals surface area contributed by atoms with E-state index in [-0.39, 0.29) is 0 Å². The molecule has 0 unspecified atom stereocenters. The van der Waals surface area contributed by atoms with E-state index in [0.717, 1.165) is 33.8 Å². The van der Waals surface area contributed by atoms with E-state index in [1.807, 2.05) is 0 Å². The highest BCUT2D eigenvalue weighted by Crippen LogP contribution is 2.28. The van der Waals surface area contributed by atoms with Crippen molar-refractivity contribution in [2.24, 2.45) is 0 Å². The Hall–Kier alpha value is -3.15. The number of nitrogens with one attached hydrogen (secondary N) is 1. The highest BCUT2D eigenvalue weighted by molar-refractivity contribution is 6.35. The van der Waals surface area contributed by atoms with Gasteiger partial charge in [-0.1, -0.05) is 29.3 Å². The fourth-order valence-corrected chi connectivity index (χ4v) is 3.81. The lowest BCUT2D eigenvalue weighted by Gasteiger charge is -2.44. The number of carbonyl (C=O) groups excluding carboxylic acids is 5. The van der Waals surface area contributed by atoms with Crippen LogP contribution in [0.2, 0.25) is 10.0 Å². The van der Waals surface area contributed by atoms with Crippen LogP contribution >= 0.6 is 23.2 Å². The van der Waals surface area contributed by atoms with Gasteiger partial charge in [-0.2, -0.15) is 0 Å². The van der Waals surface area contributed by atoms with Gasteiger partial charge >= 0.3 is 23.9 Å². The zero-order chi connectivity index (χ0) is 27.0. The first kappa shape index (κ1) is 29.1. The molecule has 0 spiro atoms. The van der Waals surface area contributed by atoms with Crippen LogP contribution in [0, 0.1) is 0 Å². The largest absolute Gasteiger partial charge is 0.463 e. The van der Waals surface area contributed by atoms with Crippen molar-refractivity contribution in [3.8, 4) is 0 Å². The second-order valence-electron chi connectivity index (χ2n) is 7.64. The molecule has 2 rings (SSSR count). The zero-order valence-electron chi connectivity index (χ0n) is 19.8. The monoisotopic (exact) mass is 545 g/mol. The molecular formula is C23H25Cl2NO10. The average Bonchev–Trinajstić information content (AvgIpc) is 2.74. The SMILES string of the molecule is CC(=O)OC[C@H]1O[C@@H](OC(C)=O)[C@H](NC(=O)/C=C/c2ccc(Cl)cc2Cl)[C@@H](OC(C)=O)[C@H]1OC(C)=O. The van der Waals surface area contributed by atoms with Crippen LogP contribution in [-0.2, 0) is 47.7 Å². The summed E-state index contributed by atoms with van der Waals surface area (Å²) in [6.07, 6.45) is -2.83. The minimum atomic E-state index is -1.49. The van der Waals surface area contributed by atoms with Crippen molar-refractivity contribution in [1.82, 2.24) is 5.32 Å². The molecule has 0 aromatic heterocycles. The third kappa shape index (κ3) is 8.81. The van der Waals surface area contributed by atoms with Crippen molar-refractivity contribution >= 4 is 59.1 Å². The fraction of sp³-hybridized carbons (Fsp3) is 0.435. The Balaban J connectivity index is 2.39. The first-order valence-corrected chi connectivity index (χ1v) is 11.4. The van der Waals surface area contributed by atoms with Crippen LogP contribution in [0.5, 0.6) is 0 Å². The summed E-state index contributed by atoms with van der Waals surface area (Å²) >= 11 is 12.0. The van der Waals surface area contributed by atoms with Gasteiger partial charge in [0.25, 0.3) is 0 Å². The average molecular weight is 546 g/mol. The van der Waals surface area contributed by atoms with Crippen LogP contribution in [0.1, 0.15) is 33.3 Å². The minimum absolute atomic E-state index is 0.298. The number of amides is 1. The van der Waals surface area contributed by atoms with Crippen LogP contribution in [0.15, 0.2) is 24.3 Å². The summed E-state index contributed by atoms with van der Waals surface area (Å²) in [5, 5.41) is 3.26. The van der Waals surface area contributed by atoms with Crippen LogP contribution in [0.3, 0.4) is 0 Å². The molecule has 36 heavy (non-hydrogen) atoms. The summed E-state index contributed by atoms with van der Waals surface area (Å²) in [7, 11) is 0. The molecule has 1 saturated heterocycles. The van der Waals surface area contributed by atoms with Crippen molar-refractivity contribution in [1.29, 1.82) is 0 Å². The van der Waals surface area contributed by atoms with E-state index < -0.39 is 67.0 Å². The second kappa shape index (κ2) is 13.2. The molecule has 11 nitrogen and oxygen atoms in total. The Morgan fingerprint density at radius 2 is 1.53 bits per heavy atom. The van der Waals surface area contributed by atoms with Crippen LogP contribution in [0.25, 0.3) is 6.08 Å². The topological polar surface area (TPSA) is 144 Å². The van der Waals surface area contributed by atoms with Gasteiger partial charge in [0.05, 0.1) is 0 Å². The minimum Gasteiger partial charge on any atom is -0.463 e. The first-order valence-electron chi connectivity index (χ1n) is 10.6. The molecular weight excluding hydrogens is 521 g/mol. The van der Waals surface area contributed by atoms with E-state index >= 15 is 0 Å². The van der Waals surface area contributed by atoms with Gasteiger partial charge in [-0.25, -0.2) is 0 Å². The van der Waals surface area contributed by atoms with E-state index in [1.54, 1.807) is 12.1 Å². The zero-order valence-corrected chi connectivity index (χ0v) is 21.3. The molecule has 0 bridgehead atoms. The Labute approximate surface area is 216 Å². The molecule has 1 aromatic rings. The number of hydrogen-bond acceptors (Lipinski definition) is 10. The summed E-state index contributed by atoms with van der Waals surface area (Å²) in [6.45, 7) is 4.05. The number of benzene rings is 1. The molecule has 1 aliphatic rings. The van der Waals surface area contributed by atoms with Crippen molar-refractivity contribution in [2.45, 2.75) is 58.3 Å². The Morgan fingerprint density at radius 1 is 0.917 bits per heavy atom. The lowest BCUT2D eigenvalue weighted by Crippen LogP contribution is -2.66. The van der Waals surface area contributed by atoms with E-state index in [2.05, 4.69) is 5.32 Å². The standard InChI is InChI=1S/C23H25Cl2NO10/c1-11(27)32-10-18-21(33-12(2)28)22(34-13(3)29)20(23(36-18)35-14(4)30)26-19(31)8-6-15-5-7-16(24)9-17(15)25/h5-9,18,20-23H,10H2,1-4H3,(H,26,31)/b8-6+/t18-,20-,21+,22-,23-/m1/s1. The maximum atomic E-state index is 12.8. The molecule has 1 amide bonds. The van der Waals surface area contributed by atoms with Gasteiger partial charge in [0.2, 0.25) is 12.2 Å². The van der Waals surface area contributed by atoms with Gasteiger partial charge in [-0.15, -0.1) is 0 Å². The van der Waals surface area contributed by atoms with E-state index in [9.17, 15) is 24.0 Å². The summed E-state index contributed by atoms with van der Waals surface area (Å²) < 4.78 is 26.5. The molecule has 0 saturated carbocycles. The lowest BCUT2D eigenvalue weighted by atomic mass is 9.96. The van der Waals surface area contributed by atoms with Crippen LogP contribution in [0.4, 0.5) is 0 Å². The Kier molecular flexibility index (Phi) is 10.7. The number of halogens is 2. The maximum Gasteiger partial charge on any atom is 0.305 e. The molecule has 13 heteroatoms. The summed E-state index contributed by atoms with van der Waals surface area (Å²) in [5.74, 6) is -3.68. The predicted molar refractivity (Wildman–Crippen MR) is 126 cm³/mol. The first-order chi connectivity index (χ1) is 16.9. The molecule has 0 radical (unpaired) electrons. The summed E-state index contributed by atoms with van der Waals surface area (Å²) in [6, 6.07) is 3.36. The van der Waals surface area contributed by atoms with Gasteiger partial charge in [0.15, 0.2) is 12.2 Å². The van der Waals surface area contributed by atoms with Gasteiger partial charge in [0, 0.05) is 43.8 Å². The third-order valence-electron chi connectivity index (χ3n) is 4.67. The molecule has 1 aromatic carbocycles. The van der Waals surface area contributed by atoms with E-state index in [4.69, 9.17) is 46.9 Å². The molecule has 0 aliphatic carbocycles. The molecule has 5 atom stereocenters. The quantitative estimate of drug-likeness (QED) is 0.293. The predicted octanol–water partition coefficient (Wildman–Crippen LogP) is 2.21. The molecule has 1 fully saturated rings. The number of ether oxygens (including phenoxy) is 5. The smallest absolute Gasteiger partial charge is 0.305 e. The molecule has 1 N–H and O–H groups in total. The lowest BCUT2D eigenvalue weighted by molar-refractivity contribution is -0.270. The molecule has 196 valence electrons. The second-order valence-corrected chi connectivity index (χ2v) is 8.48. The van der Waals surface area contributed by atoms with Gasteiger partial charge < -0.3 is 29.0 Å². The normalized spacial score (nSPS) is 23.4. The van der Waals surface area contributed by atoms with Crippen molar-refractivity contribution < 1.29 is 47.7 Å². The molecule has 1 aliphatic heterocycles. The van der Waals surface area contributed by atoms with Crippen molar-refractivity contribution in [2.75, 3.05) is 6.61 Å². The summed E-state index contributed by atoms with van der Waals surface area (Å²) in [5.41, 5.74) is 0.489. The number of carbonyl (C=O) groups is 5. The number of rotatable bonds is 8. The highest BCUT2D eigenvalue weighted by Gasteiger charge is 2.52. The molecule has 1 heterocycles. The number of hydrogen-bond donors (Lipinski definition) is 1. The van der Waals surface area contributed by atoms with E-state index in [1.165, 1.54) is 12.1 Å². The third-order valence-corrected chi connectivity index (χ3v) is 5.23. The maximum absolute atomic E-state index is 12.8. The van der Waals surface area contributed by atoms with Crippen molar-refractivity contribution in [3.05, 3.63) is 39.9 Å². The van der Waals surface area contributed by atoms with Gasteiger partial charge in [-0.3, -0.25) is 24.0 Å². The Bertz CT molecular complexity index is 1040.